The zero-order chi connectivity index (χ0) is 19.3. The monoisotopic (exact) mass is 398 g/mol. The fourth-order valence-electron chi connectivity index (χ4n) is 3.21. The molecule has 6 nitrogen and oxygen atoms in total. The molecule has 1 aliphatic heterocycles. The molecule has 0 N–H and O–H groups in total. The largest absolute Gasteiger partial charge is 0.494 e. The summed E-state index contributed by atoms with van der Waals surface area (Å²) >= 11 is 1.47. The highest BCUT2D eigenvalue weighted by Gasteiger charge is 2.27. The minimum absolute atomic E-state index is 0.0228. The number of aromatic nitrogens is 1. The van der Waals surface area contributed by atoms with Gasteiger partial charge < -0.3 is 14.2 Å². The van der Waals surface area contributed by atoms with Crippen molar-refractivity contribution in [1.82, 2.24) is 4.98 Å². The van der Waals surface area contributed by atoms with E-state index in [2.05, 4.69) is 4.98 Å². The van der Waals surface area contributed by atoms with Gasteiger partial charge in [0.15, 0.2) is 11.7 Å². The lowest BCUT2D eigenvalue weighted by Crippen LogP contribution is -2.40. The van der Waals surface area contributed by atoms with Gasteiger partial charge in [0.25, 0.3) is 5.91 Å². The van der Waals surface area contributed by atoms with E-state index in [-0.39, 0.29) is 18.6 Å². The van der Waals surface area contributed by atoms with Crippen LogP contribution in [-0.4, -0.2) is 43.9 Å². The highest BCUT2D eigenvalue weighted by Crippen LogP contribution is 2.34. The van der Waals surface area contributed by atoms with E-state index < -0.39 is 0 Å². The number of rotatable bonds is 7. The van der Waals surface area contributed by atoms with E-state index in [0.717, 1.165) is 29.7 Å². The molecule has 7 heteroatoms. The number of nitrogens with zero attached hydrogens (tertiary/aromatic N) is 2. The van der Waals surface area contributed by atoms with E-state index >= 15 is 0 Å². The smallest absolute Gasteiger partial charge is 0.266 e. The number of hydrogen-bond acceptors (Lipinski definition) is 6. The SMILES string of the molecule is COc1cccc2sc(N(CC3CCCO3)C(=O)COc3ccccc3)nc12. The Bertz CT molecular complexity index is 938. The van der Waals surface area contributed by atoms with E-state index in [4.69, 9.17) is 14.2 Å². The Morgan fingerprint density at radius 3 is 2.86 bits per heavy atom. The Hall–Kier alpha value is -2.64. The molecule has 28 heavy (non-hydrogen) atoms. The summed E-state index contributed by atoms with van der Waals surface area (Å²) in [5.74, 6) is 1.22. The number of hydrogen-bond donors (Lipinski definition) is 0. The summed E-state index contributed by atoms with van der Waals surface area (Å²) in [6, 6.07) is 15.1. The van der Waals surface area contributed by atoms with Crippen LogP contribution >= 0.6 is 11.3 Å². The number of benzene rings is 2. The number of thiazole rings is 1. The Labute approximate surface area is 167 Å². The van der Waals surface area contributed by atoms with Crippen molar-refractivity contribution in [3.8, 4) is 11.5 Å². The summed E-state index contributed by atoms with van der Waals surface area (Å²) in [5, 5.41) is 0.636. The van der Waals surface area contributed by atoms with Crippen LogP contribution in [0.4, 0.5) is 5.13 Å². The molecule has 146 valence electrons. The molecular formula is C21H22N2O4S. The van der Waals surface area contributed by atoms with Crippen molar-refractivity contribution < 1.29 is 19.0 Å². The number of ether oxygens (including phenoxy) is 3. The number of fused-ring (bicyclic) bond motifs is 1. The average molecular weight is 398 g/mol. The van der Waals surface area contributed by atoms with Crippen molar-refractivity contribution in [2.24, 2.45) is 0 Å². The highest BCUT2D eigenvalue weighted by molar-refractivity contribution is 7.22. The van der Waals surface area contributed by atoms with Gasteiger partial charge in [-0.15, -0.1) is 0 Å². The van der Waals surface area contributed by atoms with Gasteiger partial charge >= 0.3 is 0 Å². The Balaban J connectivity index is 1.58. The van der Waals surface area contributed by atoms with Crippen LogP contribution in [0.15, 0.2) is 48.5 Å². The van der Waals surface area contributed by atoms with Crippen LogP contribution in [0.5, 0.6) is 11.5 Å². The number of para-hydroxylation sites is 2. The molecule has 2 heterocycles. The molecule has 1 amide bonds. The third kappa shape index (κ3) is 4.10. The van der Waals surface area contributed by atoms with E-state index in [9.17, 15) is 4.79 Å². The van der Waals surface area contributed by atoms with Crippen LogP contribution in [-0.2, 0) is 9.53 Å². The molecule has 1 aromatic heterocycles. The number of carbonyl (C=O) groups excluding carboxylic acids is 1. The van der Waals surface area contributed by atoms with Gasteiger partial charge in [-0.1, -0.05) is 35.6 Å². The predicted octanol–water partition coefficient (Wildman–Crippen LogP) is 3.90. The van der Waals surface area contributed by atoms with Crippen LogP contribution in [0.2, 0.25) is 0 Å². The minimum Gasteiger partial charge on any atom is -0.494 e. The Morgan fingerprint density at radius 1 is 1.25 bits per heavy atom. The van der Waals surface area contributed by atoms with Crippen molar-refractivity contribution >= 4 is 32.6 Å². The molecular weight excluding hydrogens is 376 g/mol. The molecule has 1 unspecified atom stereocenters. The standard InChI is InChI=1S/C21H22N2O4S/c1-25-17-10-5-11-18-20(17)22-21(28-18)23(13-16-9-6-12-26-16)19(24)14-27-15-7-3-2-4-8-15/h2-5,7-8,10-11,16H,6,9,12-14H2,1H3. The van der Waals surface area contributed by atoms with Crippen molar-refractivity contribution in [3.63, 3.8) is 0 Å². The second-order valence-electron chi connectivity index (χ2n) is 6.54. The quantitative estimate of drug-likeness (QED) is 0.604. The third-order valence-electron chi connectivity index (χ3n) is 4.64. The van der Waals surface area contributed by atoms with Crippen molar-refractivity contribution in [2.45, 2.75) is 18.9 Å². The molecule has 1 aliphatic rings. The second kappa shape index (κ2) is 8.58. The van der Waals surface area contributed by atoms with Gasteiger partial charge in [-0.2, -0.15) is 0 Å². The summed E-state index contributed by atoms with van der Waals surface area (Å²) in [4.78, 5) is 19.4. The lowest BCUT2D eigenvalue weighted by atomic mass is 10.2. The van der Waals surface area contributed by atoms with E-state index in [1.807, 2.05) is 48.5 Å². The molecule has 1 fully saturated rings. The normalized spacial score (nSPS) is 16.2. The highest BCUT2D eigenvalue weighted by atomic mass is 32.1. The first kappa shape index (κ1) is 18.7. The summed E-state index contributed by atoms with van der Waals surface area (Å²) in [7, 11) is 1.62. The first-order valence-corrected chi connectivity index (χ1v) is 10.1. The zero-order valence-corrected chi connectivity index (χ0v) is 16.5. The molecule has 4 rings (SSSR count). The van der Waals surface area contributed by atoms with Crippen molar-refractivity contribution in [1.29, 1.82) is 0 Å². The van der Waals surface area contributed by atoms with E-state index in [1.54, 1.807) is 12.0 Å². The summed E-state index contributed by atoms with van der Waals surface area (Å²) in [6.45, 7) is 1.16. The van der Waals surface area contributed by atoms with Gasteiger partial charge in [0.2, 0.25) is 0 Å². The van der Waals surface area contributed by atoms with Crippen LogP contribution in [0.25, 0.3) is 10.2 Å². The molecule has 0 spiro atoms. The molecule has 2 aromatic carbocycles. The predicted molar refractivity (Wildman–Crippen MR) is 109 cm³/mol. The topological polar surface area (TPSA) is 60.9 Å². The van der Waals surface area contributed by atoms with Crippen LogP contribution in [0.3, 0.4) is 0 Å². The van der Waals surface area contributed by atoms with Crippen molar-refractivity contribution in [3.05, 3.63) is 48.5 Å². The summed E-state index contributed by atoms with van der Waals surface area (Å²) < 4.78 is 17.8. The molecule has 0 radical (unpaired) electrons. The van der Waals surface area contributed by atoms with E-state index in [0.29, 0.717) is 23.2 Å². The maximum Gasteiger partial charge on any atom is 0.266 e. The minimum atomic E-state index is -0.141. The zero-order valence-electron chi connectivity index (χ0n) is 15.7. The first-order chi connectivity index (χ1) is 13.7. The maximum atomic E-state index is 13.0. The first-order valence-electron chi connectivity index (χ1n) is 9.28. The molecule has 3 aromatic rings. The lowest BCUT2D eigenvalue weighted by Gasteiger charge is -2.23. The number of anilines is 1. The molecule has 1 atom stereocenters. The average Bonchev–Trinajstić information content (AvgIpc) is 3.40. The van der Waals surface area contributed by atoms with Crippen LogP contribution < -0.4 is 14.4 Å². The number of carbonyl (C=O) groups is 1. The second-order valence-corrected chi connectivity index (χ2v) is 7.55. The molecule has 0 aliphatic carbocycles. The fourth-order valence-corrected chi connectivity index (χ4v) is 4.22. The Kier molecular flexibility index (Phi) is 5.73. The number of methoxy groups -OCH3 is 1. The Morgan fingerprint density at radius 2 is 2.11 bits per heavy atom. The number of amides is 1. The van der Waals surface area contributed by atoms with Crippen LogP contribution in [0.1, 0.15) is 12.8 Å². The van der Waals surface area contributed by atoms with Gasteiger partial charge in [0, 0.05) is 6.61 Å². The van der Waals surface area contributed by atoms with Gasteiger partial charge in [-0.3, -0.25) is 9.69 Å². The van der Waals surface area contributed by atoms with E-state index in [1.165, 1.54) is 11.3 Å². The molecule has 0 bridgehead atoms. The summed E-state index contributed by atoms with van der Waals surface area (Å²) in [5.41, 5.74) is 0.763. The van der Waals surface area contributed by atoms with Gasteiger partial charge in [-0.05, 0) is 37.1 Å². The van der Waals surface area contributed by atoms with Crippen molar-refractivity contribution in [2.75, 3.05) is 31.8 Å². The third-order valence-corrected chi connectivity index (χ3v) is 5.68. The maximum absolute atomic E-state index is 13.0. The molecule has 1 saturated heterocycles. The van der Waals surface area contributed by atoms with Gasteiger partial charge in [0.05, 0.1) is 24.5 Å². The fraction of sp³-hybridized carbons (Fsp3) is 0.333. The lowest BCUT2D eigenvalue weighted by molar-refractivity contribution is -0.120. The molecule has 0 saturated carbocycles. The van der Waals surface area contributed by atoms with Gasteiger partial charge in [0.1, 0.15) is 17.0 Å². The summed E-state index contributed by atoms with van der Waals surface area (Å²) in [6.07, 6.45) is 1.98. The van der Waals surface area contributed by atoms with Crippen LogP contribution in [0, 0.1) is 0 Å². The van der Waals surface area contributed by atoms with Gasteiger partial charge in [-0.25, -0.2) is 4.98 Å².